The largest absolute Gasteiger partial charge is 0.489 e. The van der Waals surface area contributed by atoms with Gasteiger partial charge in [0.2, 0.25) is 0 Å². The van der Waals surface area contributed by atoms with E-state index in [-0.39, 0.29) is 0 Å². The highest BCUT2D eigenvalue weighted by atomic mass is 32.1. The number of pyridine rings is 1. The fraction of sp³-hybridized carbons (Fsp3) is 0.348. The van der Waals surface area contributed by atoms with E-state index in [4.69, 9.17) is 9.72 Å². The molecule has 6 nitrogen and oxygen atoms in total. The van der Waals surface area contributed by atoms with E-state index in [2.05, 4.69) is 21.5 Å². The van der Waals surface area contributed by atoms with Crippen LogP contribution in [0.2, 0.25) is 0 Å². The topological polar surface area (TPSA) is 64.9 Å². The number of anilines is 1. The van der Waals surface area contributed by atoms with Crippen molar-refractivity contribution in [3.63, 3.8) is 0 Å². The van der Waals surface area contributed by atoms with Gasteiger partial charge in [-0.3, -0.25) is 9.67 Å². The van der Waals surface area contributed by atoms with E-state index in [0.717, 1.165) is 37.8 Å². The molecule has 0 saturated heterocycles. The van der Waals surface area contributed by atoms with Gasteiger partial charge in [-0.2, -0.15) is 5.10 Å². The van der Waals surface area contributed by atoms with E-state index < -0.39 is 0 Å². The summed E-state index contributed by atoms with van der Waals surface area (Å²) in [6.07, 6.45) is 14.0. The van der Waals surface area contributed by atoms with E-state index in [9.17, 15) is 0 Å². The molecule has 0 radical (unpaired) electrons. The lowest BCUT2D eigenvalue weighted by Gasteiger charge is -2.22. The van der Waals surface area contributed by atoms with Crippen LogP contribution in [0, 0.1) is 0 Å². The summed E-state index contributed by atoms with van der Waals surface area (Å²) in [6.45, 7) is 0.476. The molecule has 1 saturated carbocycles. The molecule has 0 spiro atoms. The Hall–Kier alpha value is -2.93. The number of ether oxygens (including phenoxy) is 1. The van der Waals surface area contributed by atoms with Gasteiger partial charge < -0.3 is 10.1 Å². The third kappa shape index (κ3) is 4.16. The van der Waals surface area contributed by atoms with Crippen LogP contribution < -0.4 is 10.1 Å². The van der Waals surface area contributed by atoms with Crippen LogP contribution in [0.15, 0.2) is 49.1 Å². The summed E-state index contributed by atoms with van der Waals surface area (Å²) in [5.41, 5.74) is 4.19. The smallest absolute Gasteiger partial charge is 0.184 e. The lowest BCUT2D eigenvalue weighted by molar-refractivity contribution is 0.307. The lowest BCUT2D eigenvalue weighted by atomic mass is 9.96. The van der Waals surface area contributed by atoms with Crippen LogP contribution in [0.5, 0.6) is 5.75 Å². The van der Waals surface area contributed by atoms with Crippen molar-refractivity contribution in [3.05, 3.63) is 54.6 Å². The first-order valence-corrected chi connectivity index (χ1v) is 11.3. The Balaban J connectivity index is 1.30. The van der Waals surface area contributed by atoms with Crippen LogP contribution >= 0.6 is 11.3 Å². The maximum absolute atomic E-state index is 6.13. The SMILES string of the molecule is Cn1cc(-c2cnccc2COc2ccc3nc(NC4CCCCC4)sc3c2)cn1. The molecule has 7 heteroatoms. The fourth-order valence-corrected chi connectivity index (χ4v) is 4.98. The molecule has 30 heavy (non-hydrogen) atoms. The van der Waals surface area contributed by atoms with Crippen LogP contribution in [0.1, 0.15) is 37.7 Å². The van der Waals surface area contributed by atoms with Crippen molar-refractivity contribution in [1.82, 2.24) is 19.7 Å². The number of hydrogen-bond donors (Lipinski definition) is 1. The van der Waals surface area contributed by atoms with Gasteiger partial charge >= 0.3 is 0 Å². The second kappa shape index (κ2) is 8.44. The highest BCUT2D eigenvalue weighted by Crippen LogP contribution is 2.32. The van der Waals surface area contributed by atoms with Gasteiger partial charge in [0.1, 0.15) is 12.4 Å². The van der Waals surface area contributed by atoms with Gasteiger partial charge in [-0.15, -0.1) is 0 Å². The van der Waals surface area contributed by atoms with Gasteiger partial charge in [0.05, 0.1) is 16.4 Å². The van der Waals surface area contributed by atoms with Crippen molar-refractivity contribution in [2.75, 3.05) is 5.32 Å². The van der Waals surface area contributed by atoms with E-state index >= 15 is 0 Å². The normalized spacial score (nSPS) is 14.8. The molecule has 3 heterocycles. The minimum absolute atomic E-state index is 0.476. The van der Waals surface area contributed by atoms with E-state index in [1.165, 1.54) is 32.1 Å². The number of hydrogen-bond acceptors (Lipinski definition) is 6. The zero-order chi connectivity index (χ0) is 20.3. The van der Waals surface area contributed by atoms with Crippen molar-refractivity contribution < 1.29 is 4.74 Å². The molecule has 0 amide bonds. The average molecular weight is 420 g/mol. The van der Waals surface area contributed by atoms with Crippen molar-refractivity contribution in [1.29, 1.82) is 0 Å². The van der Waals surface area contributed by atoms with Crippen molar-refractivity contribution in [3.8, 4) is 16.9 Å². The Bertz CT molecular complexity index is 1150. The molecule has 3 aromatic heterocycles. The molecular formula is C23H25N5OS. The fourth-order valence-electron chi connectivity index (χ4n) is 4.01. The maximum Gasteiger partial charge on any atom is 0.184 e. The number of nitrogens with zero attached hydrogens (tertiary/aromatic N) is 4. The van der Waals surface area contributed by atoms with Crippen LogP contribution in [-0.4, -0.2) is 25.8 Å². The van der Waals surface area contributed by atoms with Crippen molar-refractivity contribution in [2.24, 2.45) is 7.05 Å². The zero-order valence-electron chi connectivity index (χ0n) is 17.0. The molecule has 4 aromatic rings. The molecule has 1 aliphatic rings. The summed E-state index contributed by atoms with van der Waals surface area (Å²) in [7, 11) is 1.91. The second-order valence-corrected chi connectivity index (χ2v) is 8.88. The van der Waals surface area contributed by atoms with Crippen LogP contribution in [0.3, 0.4) is 0 Å². The average Bonchev–Trinajstić information content (AvgIpc) is 3.38. The Labute approximate surface area is 179 Å². The predicted octanol–water partition coefficient (Wildman–Crippen LogP) is 5.42. The number of aryl methyl sites for hydroxylation is 1. The minimum Gasteiger partial charge on any atom is -0.489 e. The molecule has 0 aliphatic heterocycles. The number of aromatic nitrogens is 4. The van der Waals surface area contributed by atoms with Gasteiger partial charge in [-0.1, -0.05) is 30.6 Å². The Morgan fingerprint density at radius 3 is 2.90 bits per heavy atom. The van der Waals surface area contributed by atoms with Crippen LogP contribution in [0.4, 0.5) is 5.13 Å². The van der Waals surface area contributed by atoms with Gasteiger partial charge in [0.15, 0.2) is 5.13 Å². The summed E-state index contributed by atoms with van der Waals surface area (Å²) in [5.74, 6) is 0.851. The first-order valence-electron chi connectivity index (χ1n) is 10.5. The molecule has 154 valence electrons. The third-order valence-electron chi connectivity index (χ3n) is 5.61. The molecule has 1 N–H and O–H groups in total. The van der Waals surface area contributed by atoms with Gasteiger partial charge in [-0.25, -0.2) is 4.98 Å². The first kappa shape index (κ1) is 19.1. The Morgan fingerprint density at radius 2 is 2.07 bits per heavy atom. The summed E-state index contributed by atoms with van der Waals surface area (Å²) in [6, 6.07) is 8.69. The van der Waals surface area contributed by atoms with E-state index in [0.29, 0.717) is 12.6 Å². The molecule has 0 bridgehead atoms. The van der Waals surface area contributed by atoms with E-state index in [1.54, 1.807) is 22.2 Å². The number of nitrogens with one attached hydrogen (secondary N) is 1. The molecule has 0 unspecified atom stereocenters. The quantitative estimate of drug-likeness (QED) is 0.452. The van der Waals surface area contributed by atoms with Crippen LogP contribution in [-0.2, 0) is 13.7 Å². The Kier molecular flexibility index (Phi) is 5.36. The third-order valence-corrected chi connectivity index (χ3v) is 6.56. The second-order valence-electron chi connectivity index (χ2n) is 7.85. The molecule has 1 aromatic carbocycles. The van der Waals surface area contributed by atoms with Crippen LogP contribution in [0.25, 0.3) is 21.3 Å². The number of thiazole rings is 1. The predicted molar refractivity (Wildman–Crippen MR) is 121 cm³/mol. The number of benzene rings is 1. The van der Waals surface area contributed by atoms with Gasteiger partial charge in [0, 0.05) is 48.4 Å². The zero-order valence-corrected chi connectivity index (χ0v) is 17.9. The monoisotopic (exact) mass is 419 g/mol. The Morgan fingerprint density at radius 1 is 1.17 bits per heavy atom. The summed E-state index contributed by atoms with van der Waals surface area (Å²) in [5, 5.41) is 8.91. The van der Waals surface area contributed by atoms with Crippen molar-refractivity contribution in [2.45, 2.75) is 44.8 Å². The molecular weight excluding hydrogens is 394 g/mol. The minimum atomic E-state index is 0.476. The highest BCUT2D eigenvalue weighted by molar-refractivity contribution is 7.22. The summed E-state index contributed by atoms with van der Waals surface area (Å²) >= 11 is 1.71. The highest BCUT2D eigenvalue weighted by Gasteiger charge is 2.15. The van der Waals surface area contributed by atoms with Gasteiger partial charge in [-0.05, 0) is 37.1 Å². The molecule has 1 aliphatic carbocycles. The summed E-state index contributed by atoms with van der Waals surface area (Å²) < 4.78 is 9.07. The van der Waals surface area contributed by atoms with Crippen molar-refractivity contribution >= 4 is 26.7 Å². The number of fused-ring (bicyclic) bond motifs is 1. The molecule has 0 atom stereocenters. The van der Waals surface area contributed by atoms with Gasteiger partial charge in [0.25, 0.3) is 0 Å². The first-order chi connectivity index (χ1) is 14.7. The maximum atomic E-state index is 6.13. The molecule has 5 rings (SSSR count). The number of rotatable bonds is 6. The molecule has 1 fully saturated rings. The van der Waals surface area contributed by atoms with E-state index in [1.807, 2.05) is 43.8 Å². The summed E-state index contributed by atoms with van der Waals surface area (Å²) in [4.78, 5) is 9.03. The lowest BCUT2D eigenvalue weighted by Crippen LogP contribution is -2.21. The standard InChI is InChI=1S/C23H25N5OS/c1-28-14-17(12-25-28)20-13-24-10-9-16(20)15-29-19-7-8-21-22(11-19)30-23(27-21)26-18-5-3-2-4-6-18/h7-14,18H,2-6,15H2,1H3,(H,26,27).